The highest BCUT2D eigenvalue weighted by Gasteiger charge is 2.25. The van der Waals surface area contributed by atoms with Crippen LogP contribution in [0.4, 0.5) is 10.7 Å². The Kier molecular flexibility index (Phi) is 13.0. The van der Waals surface area contributed by atoms with Crippen LogP contribution >= 0.6 is 34.8 Å². The summed E-state index contributed by atoms with van der Waals surface area (Å²) >= 11 is 17.7. The molecule has 256 valence electrons. The SMILES string of the molecule is C#CCOc1cc(-n2nc(C(C)(C)C)oc2=O)c(Cl)cc1Cl.COc1nc(C)nc(NC(=O)NS(=O)(=O)c2ccccc2OCCCl)n1. The molecule has 0 aliphatic heterocycles. The zero-order chi connectivity index (χ0) is 35.6. The summed E-state index contributed by atoms with van der Waals surface area (Å²) in [6, 6.07) is 7.75. The number of nitrogens with one attached hydrogen (secondary N) is 2. The number of aryl methyl sites for hydroxylation is 1. The van der Waals surface area contributed by atoms with Crippen molar-refractivity contribution in [1.82, 2.24) is 29.5 Å². The van der Waals surface area contributed by atoms with Crippen LogP contribution in [0.15, 0.2) is 50.5 Å². The number of carbonyl (C=O) groups excluding carboxylic acids is 1. The number of nitrogens with zero attached hydrogens (tertiary/aromatic N) is 5. The molecule has 2 N–H and O–H groups in total. The lowest BCUT2D eigenvalue weighted by molar-refractivity contribution is 0.256. The molecule has 19 heteroatoms. The van der Waals surface area contributed by atoms with Gasteiger partial charge in [-0.1, -0.05) is 62.0 Å². The summed E-state index contributed by atoms with van der Waals surface area (Å²) in [5.74, 6) is 2.69. The van der Waals surface area contributed by atoms with Gasteiger partial charge in [0.25, 0.3) is 10.0 Å². The minimum absolute atomic E-state index is 0.0181. The molecule has 4 rings (SSSR count). The van der Waals surface area contributed by atoms with Gasteiger partial charge in [-0.15, -0.1) is 23.1 Å². The number of aromatic nitrogens is 5. The fraction of sp³-hybridized carbons (Fsp3) is 0.310. The van der Waals surface area contributed by atoms with Crippen molar-refractivity contribution < 1.29 is 31.8 Å². The molecule has 0 radical (unpaired) electrons. The van der Waals surface area contributed by atoms with Crippen molar-refractivity contribution in [1.29, 1.82) is 0 Å². The number of para-hydroxylation sites is 1. The highest BCUT2D eigenvalue weighted by Crippen LogP contribution is 2.33. The zero-order valence-electron chi connectivity index (χ0n) is 26.2. The summed E-state index contributed by atoms with van der Waals surface area (Å²) in [7, 11) is -2.85. The van der Waals surface area contributed by atoms with Gasteiger partial charge in [0.2, 0.25) is 11.8 Å². The van der Waals surface area contributed by atoms with Gasteiger partial charge in [0, 0.05) is 11.5 Å². The Balaban J connectivity index is 0.000000264. The highest BCUT2D eigenvalue weighted by atomic mass is 35.5. The molecule has 0 fully saturated rings. The molecule has 0 atom stereocenters. The summed E-state index contributed by atoms with van der Waals surface area (Å²) in [4.78, 5) is 35.4. The quantitative estimate of drug-likeness (QED) is 0.168. The molecule has 0 aliphatic rings. The molecule has 0 saturated carbocycles. The number of anilines is 1. The van der Waals surface area contributed by atoms with E-state index in [0.29, 0.717) is 17.3 Å². The molecule has 2 aromatic heterocycles. The van der Waals surface area contributed by atoms with Crippen LogP contribution < -0.4 is 30.0 Å². The van der Waals surface area contributed by atoms with E-state index in [-0.39, 0.29) is 57.6 Å². The van der Waals surface area contributed by atoms with Crippen molar-refractivity contribution in [2.24, 2.45) is 0 Å². The molecule has 2 heterocycles. The third-order valence-corrected chi connectivity index (χ3v) is 7.69. The number of benzene rings is 2. The largest absolute Gasteiger partial charge is 0.491 e. The maximum atomic E-state index is 12.4. The van der Waals surface area contributed by atoms with Gasteiger partial charge in [-0.25, -0.2) is 22.7 Å². The molecule has 15 nitrogen and oxygen atoms in total. The molecule has 0 spiro atoms. The van der Waals surface area contributed by atoms with Gasteiger partial charge in [-0.3, -0.25) is 5.32 Å². The molecule has 0 aliphatic carbocycles. The lowest BCUT2D eigenvalue weighted by atomic mass is 9.97. The summed E-state index contributed by atoms with van der Waals surface area (Å²) in [6.45, 7) is 7.37. The van der Waals surface area contributed by atoms with Crippen LogP contribution in [-0.2, 0) is 15.4 Å². The number of hydrogen-bond donors (Lipinski definition) is 2. The Morgan fingerprint density at radius 3 is 2.42 bits per heavy atom. The van der Waals surface area contributed by atoms with Crippen molar-refractivity contribution in [3.63, 3.8) is 0 Å². The first kappa shape index (κ1) is 37.9. The van der Waals surface area contributed by atoms with Crippen LogP contribution in [0.5, 0.6) is 17.5 Å². The number of hydrogen-bond acceptors (Lipinski definition) is 12. The van der Waals surface area contributed by atoms with E-state index in [4.69, 9.17) is 59.9 Å². The number of urea groups is 1. The van der Waals surface area contributed by atoms with Crippen molar-refractivity contribution in [3.8, 4) is 35.5 Å². The van der Waals surface area contributed by atoms with Gasteiger partial charge in [0.15, 0.2) is 0 Å². The van der Waals surface area contributed by atoms with Gasteiger partial charge in [-0.2, -0.15) is 19.6 Å². The predicted molar refractivity (Wildman–Crippen MR) is 178 cm³/mol. The van der Waals surface area contributed by atoms with E-state index < -0.39 is 27.2 Å². The monoisotopic (exact) mass is 741 g/mol. The molecule has 2 amide bonds. The van der Waals surface area contributed by atoms with E-state index in [0.717, 1.165) is 4.68 Å². The second-order valence-corrected chi connectivity index (χ2v) is 13.1. The highest BCUT2D eigenvalue weighted by molar-refractivity contribution is 7.90. The summed E-state index contributed by atoms with van der Waals surface area (Å²) in [5, 5.41) is 6.92. The number of sulfonamides is 1. The van der Waals surface area contributed by atoms with Crippen molar-refractivity contribution in [2.45, 2.75) is 38.0 Å². The lowest BCUT2D eigenvalue weighted by Gasteiger charge is -2.12. The standard InChI is InChI=1S/C15H14Cl2N2O3.C14H16ClN5O5S/c1-5-6-21-12-8-11(9(16)7-10(12)17)19-14(20)22-13(18-19)15(2,3)4;1-9-16-12(19-14(17-9)24-2)18-13(21)20-26(22,23)11-6-4-3-5-10(11)25-8-7-15/h1,7-8H,6H2,2-4H3;3-6H,7-8H2,1-2H3,(H2,16,17,18,19,20,21). The number of carbonyl (C=O) groups is 1. The molecular weight excluding hydrogens is 713 g/mol. The third-order valence-electron chi connectivity index (χ3n) is 5.56. The second-order valence-electron chi connectivity index (χ2n) is 10.3. The van der Waals surface area contributed by atoms with E-state index in [2.05, 4.69) is 31.3 Å². The number of amides is 2. The molecular formula is C29H30Cl3N7O8S. The number of methoxy groups -OCH3 is 1. The minimum Gasteiger partial charge on any atom is -0.491 e. The van der Waals surface area contributed by atoms with Gasteiger partial charge >= 0.3 is 17.8 Å². The Hall–Kier alpha value is -4.56. The van der Waals surface area contributed by atoms with Gasteiger partial charge < -0.3 is 18.6 Å². The Labute approximate surface area is 290 Å². The number of alkyl halides is 1. The number of halogens is 3. The smallest absolute Gasteiger partial charge is 0.442 e. The predicted octanol–water partition coefficient (Wildman–Crippen LogP) is 4.76. The van der Waals surface area contributed by atoms with Crippen LogP contribution in [0.25, 0.3) is 5.69 Å². The first-order valence-electron chi connectivity index (χ1n) is 13.6. The van der Waals surface area contributed by atoms with Crippen molar-refractivity contribution in [2.75, 3.05) is 31.5 Å². The summed E-state index contributed by atoms with van der Waals surface area (Å²) in [5.41, 5.74) is -0.103. The Morgan fingerprint density at radius 1 is 1.08 bits per heavy atom. The van der Waals surface area contributed by atoms with Crippen LogP contribution in [0, 0.1) is 19.3 Å². The molecule has 2 aromatic carbocycles. The van der Waals surface area contributed by atoms with Crippen molar-refractivity contribution >= 4 is 56.8 Å². The van der Waals surface area contributed by atoms with E-state index >= 15 is 0 Å². The minimum atomic E-state index is -4.20. The van der Waals surface area contributed by atoms with Gasteiger partial charge in [0.1, 0.15) is 35.4 Å². The van der Waals surface area contributed by atoms with E-state index in [1.807, 2.05) is 25.5 Å². The van der Waals surface area contributed by atoms with E-state index in [9.17, 15) is 18.0 Å². The summed E-state index contributed by atoms with van der Waals surface area (Å²) < 4.78 is 48.5. The summed E-state index contributed by atoms with van der Waals surface area (Å²) in [6.07, 6.45) is 5.15. The first-order valence-corrected chi connectivity index (χ1v) is 16.4. The van der Waals surface area contributed by atoms with Crippen molar-refractivity contribution in [3.05, 3.63) is 68.7 Å². The lowest BCUT2D eigenvalue weighted by Crippen LogP contribution is -2.35. The topological polar surface area (TPSA) is 190 Å². The normalized spacial score (nSPS) is 11.1. The molecule has 0 unspecified atom stereocenters. The first-order chi connectivity index (χ1) is 22.6. The zero-order valence-corrected chi connectivity index (χ0v) is 29.3. The van der Waals surface area contributed by atoms with Crippen LogP contribution in [0.1, 0.15) is 32.5 Å². The number of rotatable bonds is 10. The van der Waals surface area contributed by atoms with Gasteiger partial charge in [-0.05, 0) is 25.1 Å². The molecule has 4 aromatic rings. The fourth-order valence-electron chi connectivity index (χ4n) is 3.49. The Morgan fingerprint density at radius 2 is 1.79 bits per heavy atom. The fourth-order valence-corrected chi connectivity index (χ4v) is 5.14. The number of ether oxygens (including phenoxy) is 3. The molecule has 0 bridgehead atoms. The number of terminal acetylenes is 1. The molecule has 48 heavy (non-hydrogen) atoms. The van der Waals surface area contributed by atoms with E-state index in [1.165, 1.54) is 37.4 Å². The van der Waals surface area contributed by atoms with E-state index in [1.54, 1.807) is 13.0 Å². The Bertz CT molecular complexity index is 1970. The second kappa shape index (κ2) is 16.5. The van der Waals surface area contributed by atoms with Crippen LogP contribution in [-0.4, -0.2) is 65.4 Å². The van der Waals surface area contributed by atoms with Gasteiger partial charge in [0.05, 0.1) is 28.7 Å². The third kappa shape index (κ3) is 10.2. The maximum Gasteiger partial charge on any atom is 0.442 e. The maximum absolute atomic E-state index is 12.4. The van der Waals surface area contributed by atoms with Crippen LogP contribution in [0.3, 0.4) is 0 Å². The average molecular weight is 743 g/mol. The average Bonchev–Trinajstić information content (AvgIpc) is 3.41. The van der Waals surface area contributed by atoms with Crippen LogP contribution in [0.2, 0.25) is 10.0 Å². The molecule has 0 saturated heterocycles.